The lowest BCUT2D eigenvalue weighted by molar-refractivity contribution is -0.0841. The predicted molar refractivity (Wildman–Crippen MR) is 75.0 cm³/mol. The Bertz CT molecular complexity index is 419. The van der Waals surface area contributed by atoms with Gasteiger partial charge in [-0.05, 0) is 45.4 Å². The van der Waals surface area contributed by atoms with E-state index in [1.807, 2.05) is 19.6 Å². The number of piperidine rings is 1. The van der Waals surface area contributed by atoms with Crippen LogP contribution in [0.1, 0.15) is 57.2 Å². The third kappa shape index (κ3) is 2.56. The summed E-state index contributed by atoms with van der Waals surface area (Å²) < 4.78 is 8.05. The molecule has 1 aliphatic heterocycles. The first-order valence-electron chi connectivity index (χ1n) is 7.54. The van der Waals surface area contributed by atoms with Crippen molar-refractivity contribution in [1.29, 1.82) is 0 Å². The molecule has 4 nitrogen and oxygen atoms in total. The summed E-state index contributed by atoms with van der Waals surface area (Å²) in [5.41, 5.74) is 1.39. The van der Waals surface area contributed by atoms with Gasteiger partial charge in [-0.25, -0.2) is 4.98 Å². The van der Waals surface area contributed by atoms with Crippen LogP contribution in [0.15, 0.2) is 12.5 Å². The predicted octanol–water partition coefficient (Wildman–Crippen LogP) is 2.66. The van der Waals surface area contributed by atoms with Gasteiger partial charge in [0, 0.05) is 25.4 Å². The van der Waals surface area contributed by atoms with Crippen molar-refractivity contribution in [2.75, 3.05) is 7.11 Å². The summed E-state index contributed by atoms with van der Waals surface area (Å²) in [6.07, 6.45) is 11.4. The number of aromatic nitrogens is 2. The fourth-order valence-electron chi connectivity index (χ4n) is 3.43. The van der Waals surface area contributed by atoms with E-state index in [-0.39, 0.29) is 5.60 Å². The van der Waals surface area contributed by atoms with E-state index in [0.29, 0.717) is 12.1 Å². The number of ether oxygens (including phenoxy) is 1. The van der Waals surface area contributed by atoms with Crippen molar-refractivity contribution >= 4 is 0 Å². The molecule has 19 heavy (non-hydrogen) atoms. The fraction of sp³-hybridized carbons (Fsp3) is 0.800. The van der Waals surface area contributed by atoms with Crippen LogP contribution in [0.4, 0.5) is 0 Å². The summed E-state index contributed by atoms with van der Waals surface area (Å²) in [4.78, 5) is 4.37. The summed E-state index contributed by atoms with van der Waals surface area (Å²) >= 11 is 0. The van der Waals surface area contributed by atoms with Gasteiger partial charge in [0.05, 0.1) is 24.2 Å². The molecule has 1 aliphatic carbocycles. The van der Waals surface area contributed by atoms with Gasteiger partial charge in [-0.15, -0.1) is 0 Å². The number of nitrogens with zero attached hydrogens (tertiary/aromatic N) is 2. The van der Waals surface area contributed by atoms with E-state index >= 15 is 0 Å². The maximum Gasteiger partial charge on any atom is 0.0949 e. The Labute approximate surface area is 115 Å². The Morgan fingerprint density at radius 3 is 2.89 bits per heavy atom. The average molecular weight is 263 g/mol. The molecule has 2 heterocycles. The van der Waals surface area contributed by atoms with E-state index in [4.69, 9.17) is 4.74 Å². The zero-order chi connectivity index (χ0) is 13.3. The third-order valence-electron chi connectivity index (χ3n) is 4.87. The van der Waals surface area contributed by atoms with Crippen molar-refractivity contribution in [3.8, 4) is 0 Å². The quantitative estimate of drug-likeness (QED) is 0.907. The molecular formula is C15H25N3O. The van der Waals surface area contributed by atoms with Crippen molar-refractivity contribution in [1.82, 2.24) is 14.9 Å². The Balaban J connectivity index is 1.74. The number of imidazole rings is 1. The minimum Gasteiger partial charge on any atom is -0.376 e. The zero-order valence-electron chi connectivity index (χ0n) is 12.1. The topological polar surface area (TPSA) is 39.1 Å². The number of hydrogen-bond donors (Lipinski definition) is 1. The van der Waals surface area contributed by atoms with E-state index in [0.717, 1.165) is 6.54 Å². The zero-order valence-corrected chi connectivity index (χ0v) is 12.1. The maximum atomic E-state index is 5.74. The summed E-state index contributed by atoms with van der Waals surface area (Å²) in [5, 5.41) is 3.70. The molecule has 106 valence electrons. The molecule has 0 amide bonds. The fourth-order valence-corrected chi connectivity index (χ4v) is 3.43. The summed E-state index contributed by atoms with van der Waals surface area (Å²) in [6.45, 7) is 3.22. The first-order valence-corrected chi connectivity index (χ1v) is 7.54. The number of nitrogens with one attached hydrogen (secondary N) is 1. The molecule has 2 fully saturated rings. The minimum atomic E-state index is 0.0652. The van der Waals surface area contributed by atoms with Gasteiger partial charge < -0.3 is 14.6 Å². The van der Waals surface area contributed by atoms with E-state index in [1.165, 1.54) is 44.2 Å². The van der Waals surface area contributed by atoms with Gasteiger partial charge in [0.15, 0.2) is 0 Å². The van der Waals surface area contributed by atoms with Gasteiger partial charge in [0.2, 0.25) is 0 Å². The second-order valence-corrected chi connectivity index (χ2v) is 6.24. The molecule has 1 N–H and O–H groups in total. The molecule has 0 radical (unpaired) electrons. The molecule has 2 atom stereocenters. The van der Waals surface area contributed by atoms with Crippen LogP contribution in [0.3, 0.4) is 0 Å². The molecule has 1 aromatic heterocycles. The van der Waals surface area contributed by atoms with Crippen LogP contribution in [0.25, 0.3) is 0 Å². The Morgan fingerprint density at radius 1 is 1.42 bits per heavy atom. The van der Waals surface area contributed by atoms with Crippen LogP contribution in [0.2, 0.25) is 0 Å². The van der Waals surface area contributed by atoms with Crippen molar-refractivity contribution in [2.24, 2.45) is 0 Å². The van der Waals surface area contributed by atoms with Crippen LogP contribution >= 0.6 is 0 Å². The van der Waals surface area contributed by atoms with Crippen molar-refractivity contribution < 1.29 is 4.74 Å². The summed E-state index contributed by atoms with van der Waals surface area (Å²) in [7, 11) is 1.84. The molecule has 1 saturated carbocycles. The second-order valence-electron chi connectivity index (χ2n) is 6.24. The van der Waals surface area contributed by atoms with E-state index < -0.39 is 0 Å². The molecule has 1 saturated heterocycles. The van der Waals surface area contributed by atoms with Crippen molar-refractivity contribution in [3.63, 3.8) is 0 Å². The molecule has 4 heteroatoms. The molecular weight excluding hydrogens is 238 g/mol. The highest BCUT2D eigenvalue weighted by Crippen LogP contribution is 2.37. The van der Waals surface area contributed by atoms with Gasteiger partial charge in [-0.2, -0.15) is 0 Å². The van der Waals surface area contributed by atoms with Gasteiger partial charge in [0.25, 0.3) is 0 Å². The van der Waals surface area contributed by atoms with E-state index in [2.05, 4.69) is 21.8 Å². The SMILES string of the molecule is COC1(Cn2cncc2C2CCCC(C)N2)CCC1. The Kier molecular flexibility index (Phi) is 3.63. The summed E-state index contributed by atoms with van der Waals surface area (Å²) in [6, 6.07) is 1.07. The maximum absolute atomic E-state index is 5.74. The Morgan fingerprint density at radius 2 is 2.26 bits per heavy atom. The molecule has 2 unspecified atom stereocenters. The van der Waals surface area contributed by atoms with E-state index in [1.54, 1.807) is 0 Å². The summed E-state index contributed by atoms with van der Waals surface area (Å²) in [5.74, 6) is 0. The highest BCUT2D eigenvalue weighted by Gasteiger charge is 2.38. The van der Waals surface area contributed by atoms with Crippen molar-refractivity contribution in [2.45, 2.75) is 69.7 Å². The van der Waals surface area contributed by atoms with Gasteiger partial charge in [-0.3, -0.25) is 0 Å². The minimum absolute atomic E-state index is 0.0652. The van der Waals surface area contributed by atoms with Crippen LogP contribution < -0.4 is 5.32 Å². The van der Waals surface area contributed by atoms with Gasteiger partial charge >= 0.3 is 0 Å². The highest BCUT2D eigenvalue weighted by molar-refractivity contribution is 5.08. The molecule has 1 aromatic rings. The smallest absolute Gasteiger partial charge is 0.0949 e. The van der Waals surface area contributed by atoms with Gasteiger partial charge in [-0.1, -0.05) is 0 Å². The highest BCUT2D eigenvalue weighted by atomic mass is 16.5. The number of methoxy groups -OCH3 is 1. The Hall–Kier alpha value is -0.870. The second kappa shape index (κ2) is 5.25. The lowest BCUT2D eigenvalue weighted by Crippen LogP contribution is -2.44. The van der Waals surface area contributed by atoms with Crippen LogP contribution in [-0.4, -0.2) is 28.3 Å². The molecule has 0 spiro atoms. The van der Waals surface area contributed by atoms with E-state index in [9.17, 15) is 0 Å². The largest absolute Gasteiger partial charge is 0.376 e. The van der Waals surface area contributed by atoms with Crippen molar-refractivity contribution in [3.05, 3.63) is 18.2 Å². The molecule has 2 aliphatic rings. The molecule has 0 bridgehead atoms. The standard InChI is InChI=1S/C15H25N3O/c1-12-5-3-6-13(17-12)14-9-16-11-18(14)10-15(19-2)7-4-8-15/h9,11-13,17H,3-8,10H2,1-2H3. The van der Waals surface area contributed by atoms with Crippen LogP contribution in [0, 0.1) is 0 Å². The number of rotatable bonds is 4. The van der Waals surface area contributed by atoms with Crippen LogP contribution in [0.5, 0.6) is 0 Å². The lowest BCUT2D eigenvalue weighted by Gasteiger charge is -2.41. The molecule has 0 aromatic carbocycles. The average Bonchev–Trinajstić information content (AvgIpc) is 2.82. The third-order valence-corrected chi connectivity index (χ3v) is 4.87. The first kappa shape index (κ1) is 13.1. The first-order chi connectivity index (χ1) is 9.22. The monoisotopic (exact) mass is 263 g/mol. The number of hydrogen-bond acceptors (Lipinski definition) is 3. The lowest BCUT2D eigenvalue weighted by atomic mass is 9.80. The molecule has 3 rings (SSSR count). The van der Waals surface area contributed by atoms with Crippen LogP contribution in [-0.2, 0) is 11.3 Å². The normalized spacial score (nSPS) is 30.0. The van der Waals surface area contributed by atoms with Gasteiger partial charge in [0.1, 0.15) is 0 Å².